The van der Waals surface area contributed by atoms with Crippen molar-refractivity contribution < 1.29 is 4.74 Å². The van der Waals surface area contributed by atoms with Crippen LogP contribution in [-0.2, 0) is 0 Å². The second kappa shape index (κ2) is 7.36. The van der Waals surface area contributed by atoms with E-state index in [4.69, 9.17) is 16.3 Å². The molecule has 1 unspecified atom stereocenters. The van der Waals surface area contributed by atoms with Gasteiger partial charge in [-0.2, -0.15) is 0 Å². The average molecular weight is 254 g/mol. The molecule has 1 atom stereocenters. The van der Waals surface area contributed by atoms with Crippen molar-refractivity contribution in [1.82, 2.24) is 5.32 Å². The van der Waals surface area contributed by atoms with Gasteiger partial charge in [0.1, 0.15) is 5.75 Å². The number of halogens is 1. The van der Waals surface area contributed by atoms with Crippen LogP contribution in [0.4, 0.5) is 0 Å². The lowest BCUT2D eigenvalue weighted by atomic mass is 10.1. The van der Waals surface area contributed by atoms with E-state index in [0.717, 1.165) is 18.7 Å². The van der Waals surface area contributed by atoms with Gasteiger partial charge in [0.05, 0.1) is 11.6 Å². The second-order valence-electron chi connectivity index (χ2n) is 3.90. The van der Waals surface area contributed by atoms with E-state index in [1.54, 1.807) is 0 Å². The fraction of sp³-hybridized carbons (Fsp3) is 0.429. The molecule has 0 bridgehead atoms. The normalized spacial score (nSPS) is 12.2. The number of hydrogen-bond donors (Lipinski definition) is 1. The Bertz CT molecular complexity index is 365. The molecule has 0 aliphatic carbocycles. The van der Waals surface area contributed by atoms with Crippen molar-refractivity contribution in [2.75, 3.05) is 13.2 Å². The summed E-state index contributed by atoms with van der Waals surface area (Å²) in [5.74, 6) is 0.737. The van der Waals surface area contributed by atoms with E-state index in [-0.39, 0.29) is 0 Å². The van der Waals surface area contributed by atoms with E-state index in [0.29, 0.717) is 17.7 Å². The average Bonchev–Trinajstić information content (AvgIpc) is 2.31. The van der Waals surface area contributed by atoms with Gasteiger partial charge in [-0.05, 0) is 37.6 Å². The molecule has 0 aliphatic heterocycles. The van der Waals surface area contributed by atoms with Crippen LogP contribution in [0.2, 0.25) is 5.02 Å². The minimum atomic E-state index is 0.305. The van der Waals surface area contributed by atoms with Crippen molar-refractivity contribution in [1.29, 1.82) is 0 Å². The quantitative estimate of drug-likeness (QED) is 0.587. The predicted molar refractivity (Wildman–Crippen MR) is 73.9 cm³/mol. The molecule has 0 spiro atoms. The summed E-state index contributed by atoms with van der Waals surface area (Å²) in [6.07, 6.45) is 2.65. The molecule has 3 heteroatoms. The summed E-state index contributed by atoms with van der Waals surface area (Å²) in [6, 6.07) is 6.23. The van der Waals surface area contributed by atoms with Crippen molar-refractivity contribution in [2.45, 2.75) is 26.3 Å². The first-order chi connectivity index (χ1) is 8.19. The van der Waals surface area contributed by atoms with Gasteiger partial charge in [0.2, 0.25) is 0 Å². The van der Waals surface area contributed by atoms with Crippen LogP contribution in [0, 0.1) is 0 Å². The van der Waals surface area contributed by atoms with Crippen molar-refractivity contribution in [3.8, 4) is 5.75 Å². The van der Waals surface area contributed by atoms with Gasteiger partial charge in [0.25, 0.3) is 0 Å². The van der Waals surface area contributed by atoms with Gasteiger partial charge in [-0.1, -0.05) is 30.7 Å². The summed E-state index contributed by atoms with van der Waals surface area (Å²) >= 11 is 6.17. The molecule has 0 saturated carbocycles. The molecule has 0 aliphatic rings. The van der Waals surface area contributed by atoms with Crippen LogP contribution in [0.25, 0.3) is 0 Å². The number of hydrogen-bond acceptors (Lipinski definition) is 2. The summed E-state index contributed by atoms with van der Waals surface area (Å²) in [5, 5.41) is 4.01. The Labute approximate surface area is 109 Å². The SMILES string of the molecule is C=CCCOc1ccc(C(C)NCC)cc1Cl. The highest BCUT2D eigenvalue weighted by atomic mass is 35.5. The Morgan fingerprint density at radius 1 is 1.53 bits per heavy atom. The van der Waals surface area contributed by atoms with Crippen molar-refractivity contribution in [3.05, 3.63) is 41.4 Å². The zero-order valence-electron chi connectivity index (χ0n) is 10.5. The minimum Gasteiger partial charge on any atom is -0.492 e. The van der Waals surface area contributed by atoms with Crippen LogP contribution in [0.1, 0.15) is 31.9 Å². The summed E-state index contributed by atoms with van der Waals surface area (Å²) < 4.78 is 5.55. The van der Waals surface area contributed by atoms with Gasteiger partial charge in [-0.25, -0.2) is 0 Å². The molecule has 0 aromatic heterocycles. The lowest BCUT2D eigenvalue weighted by Gasteiger charge is -2.14. The maximum Gasteiger partial charge on any atom is 0.137 e. The first kappa shape index (κ1) is 14.1. The van der Waals surface area contributed by atoms with Gasteiger partial charge in [0.15, 0.2) is 0 Å². The van der Waals surface area contributed by atoms with Crippen LogP contribution >= 0.6 is 11.6 Å². The number of benzene rings is 1. The smallest absolute Gasteiger partial charge is 0.137 e. The van der Waals surface area contributed by atoms with Gasteiger partial charge in [-0.3, -0.25) is 0 Å². The maximum atomic E-state index is 6.17. The van der Waals surface area contributed by atoms with Crippen LogP contribution < -0.4 is 10.1 Å². The molecule has 0 fully saturated rings. The Kier molecular flexibility index (Phi) is 6.09. The number of nitrogens with one attached hydrogen (secondary N) is 1. The van der Waals surface area contributed by atoms with Crippen molar-refractivity contribution in [3.63, 3.8) is 0 Å². The Balaban J connectivity index is 2.68. The van der Waals surface area contributed by atoms with E-state index in [2.05, 4.69) is 25.7 Å². The largest absolute Gasteiger partial charge is 0.492 e. The summed E-state index contributed by atoms with van der Waals surface area (Å²) in [4.78, 5) is 0. The predicted octanol–water partition coefficient (Wildman–Crippen LogP) is 3.97. The monoisotopic (exact) mass is 253 g/mol. The van der Waals surface area contributed by atoms with Crippen LogP contribution in [-0.4, -0.2) is 13.2 Å². The minimum absolute atomic E-state index is 0.305. The first-order valence-electron chi connectivity index (χ1n) is 5.95. The maximum absolute atomic E-state index is 6.17. The molecule has 1 aromatic carbocycles. The van der Waals surface area contributed by atoms with Crippen LogP contribution in [0.15, 0.2) is 30.9 Å². The summed E-state index contributed by atoms with van der Waals surface area (Å²) in [6.45, 7) is 9.41. The molecule has 2 nitrogen and oxygen atoms in total. The fourth-order valence-electron chi connectivity index (χ4n) is 1.58. The lowest BCUT2D eigenvalue weighted by Crippen LogP contribution is -2.17. The van der Waals surface area contributed by atoms with E-state index in [1.807, 2.05) is 24.3 Å². The second-order valence-corrected chi connectivity index (χ2v) is 4.30. The van der Waals surface area contributed by atoms with Gasteiger partial charge in [0, 0.05) is 6.04 Å². The summed E-state index contributed by atoms with van der Waals surface area (Å²) in [7, 11) is 0. The molecule has 0 heterocycles. The zero-order valence-corrected chi connectivity index (χ0v) is 11.3. The number of ether oxygens (including phenoxy) is 1. The van der Waals surface area contributed by atoms with Gasteiger partial charge in [-0.15, -0.1) is 6.58 Å². The molecule has 0 radical (unpaired) electrons. The highest BCUT2D eigenvalue weighted by Gasteiger charge is 2.07. The van der Waals surface area contributed by atoms with E-state index < -0.39 is 0 Å². The number of rotatable bonds is 7. The summed E-state index contributed by atoms with van der Waals surface area (Å²) in [5.41, 5.74) is 1.17. The third kappa shape index (κ3) is 4.41. The van der Waals surface area contributed by atoms with Gasteiger partial charge >= 0.3 is 0 Å². The molecule has 0 saturated heterocycles. The topological polar surface area (TPSA) is 21.3 Å². The highest BCUT2D eigenvalue weighted by molar-refractivity contribution is 6.32. The van der Waals surface area contributed by atoms with Gasteiger partial charge < -0.3 is 10.1 Å². The van der Waals surface area contributed by atoms with Crippen molar-refractivity contribution >= 4 is 11.6 Å². The highest BCUT2D eigenvalue weighted by Crippen LogP contribution is 2.28. The Morgan fingerprint density at radius 2 is 2.29 bits per heavy atom. The van der Waals surface area contributed by atoms with E-state index in [9.17, 15) is 0 Å². The van der Waals surface area contributed by atoms with E-state index >= 15 is 0 Å². The molecule has 94 valence electrons. The molecule has 0 amide bonds. The van der Waals surface area contributed by atoms with E-state index in [1.165, 1.54) is 5.56 Å². The molecule has 1 N–H and O–H groups in total. The van der Waals surface area contributed by atoms with Crippen LogP contribution in [0.3, 0.4) is 0 Å². The molecular weight excluding hydrogens is 234 g/mol. The first-order valence-corrected chi connectivity index (χ1v) is 6.33. The standard InChI is InChI=1S/C14H20ClNO/c1-4-6-9-17-14-8-7-12(10-13(14)15)11(3)16-5-2/h4,7-8,10-11,16H,1,5-6,9H2,2-3H3. The molecular formula is C14H20ClNO. The molecule has 1 rings (SSSR count). The molecule has 1 aromatic rings. The zero-order chi connectivity index (χ0) is 12.7. The Hall–Kier alpha value is -0.990. The third-order valence-electron chi connectivity index (χ3n) is 2.55. The molecule has 17 heavy (non-hydrogen) atoms. The lowest BCUT2D eigenvalue weighted by molar-refractivity contribution is 0.325. The van der Waals surface area contributed by atoms with Crippen LogP contribution in [0.5, 0.6) is 5.75 Å². The fourth-order valence-corrected chi connectivity index (χ4v) is 1.82. The van der Waals surface area contributed by atoms with Crippen molar-refractivity contribution in [2.24, 2.45) is 0 Å². The Morgan fingerprint density at radius 3 is 2.88 bits per heavy atom. The third-order valence-corrected chi connectivity index (χ3v) is 2.84.